The van der Waals surface area contributed by atoms with Gasteiger partial charge in [0.25, 0.3) is 0 Å². The van der Waals surface area contributed by atoms with Gasteiger partial charge >= 0.3 is 0 Å². The normalized spacial score (nSPS) is 11.1. The molecule has 3 aromatic rings. The first-order valence-electron chi connectivity index (χ1n) is 4.42. The molecule has 0 radical (unpaired) electrons. The Hall–Kier alpha value is -1.96. The molecule has 2 aromatic carbocycles. The molecule has 0 fully saturated rings. The van der Waals surface area contributed by atoms with Crippen molar-refractivity contribution in [2.75, 3.05) is 0 Å². The minimum atomic E-state index is 0.0167. The predicted molar refractivity (Wildman–Crippen MR) is 53.2 cm³/mol. The molecule has 0 amide bonds. The van der Waals surface area contributed by atoms with Gasteiger partial charge in [0.1, 0.15) is 5.58 Å². The summed E-state index contributed by atoms with van der Waals surface area (Å²) in [6.45, 7) is 0. The maximum atomic E-state index is 11.6. The van der Waals surface area contributed by atoms with E-state index in [1.165, 1.54) is 0 Å². The number of furan rings is 1. The van der Waals surface area contributed by atoms with E-state index >= 15 is 0 Å². The molecule has 68 valence electrons. The summed E-state index contributed by atoms with van der Waals surface area (Å²) in [6, 6.07) is 11.0. The molecular formula is C12H7O2-. The average Bonchev–Trinajstić information content (AvgIpc) is 2.65. The fourth-order valence-corrected chi connectivity index (χ4v) is 1.76. The summed E-state index contributed by atoms with van der Waals surface area (Å²) >= 11 is 0. The second kappa shape index (κ2) is 2.51. The van der Waals surface area contributed by atoms with Crippen LogP contribution in [0, 0.1) is 0 Å². The minimum absolute atomic E-state index is 0.0167. The van der Waals surface area contributed by atoms with Gasteiger partial charge in [-0.05, 0) is 11.5 Å². The van der Waals surface area contributed by atoms with Crippen LogP contribution in [0.25, 0.3) is 21.7 Å². The van der Waals surface area contributed by atoms with E-state index in [0.717, 1.165) is 10.8 Å². The van der Waals surface area contributed by atoms with Crippen LogP contribution in [0.4, 0.5) is 0 Å². The lowest BCUT2D eigenvalue weighted by Crippen LogP contribution is -1.90. The molecule has 0 saturated carbocycles. The number of rotatable bonds is 0. The van der Waals surface area contributed by atoms with Crippen LogP contribution in [0.2, 0.25) is 0 Å². The summed E-state index contributed by atoms with van der Waals surface area (Å²) in [4.78, 5) is 0. The quantitative estimate of drug-likeness (QED) is 0.537. The fourth-order valence-electron chi connectivity index (χ4n) is 1.76. The molecule has 2 nitrogen and oxygen atoms in total. The number of hydrogen-bond acceptors (Lipinski definition) is 2. The van der Waals surface area contributed by atoms with Crippen molar-refractivity contribution in [1.82, 2.24) is 0 Å². The van der Waals surface area contributed by atoms with Gasteiger partial charge in [-0.3, -0.25) is 0 Å². The SMILES string of the molecule is [O-]c1cccc2ccc3ccoc3c12. The summed E-state index contributed by atoms with van der Waals surface area (Å²) in [5, 5.41) is 14.2. The van der Waals surface area contributed by atoms with Crippen molar-refractivity contribution in [2.24, 2.45) is 0 Å². The van der Waals surface area contributed by atoms with Gasteiger partial charge in [-0.2, -0.15) is 0 Å². The molecule has 0 aliphatic rings. The number of fused-ring (bicyclic) bond motifs is 3. The van der Waals surface area contributed by atoms with Gasteiger partial charge in [-0.25, -0.2) is 0 Å². The van der Waals surface area contributed by atoms with Gasteiger partial charge in [0.2, 0.25) is 0 Å². The molecule has 0 saturated heterocycles. The van der Waals surface area contributed by atoms with Crippen molar-refractivity contribution < 1.29 is 9.52 Å². The van der Waals surface area contributed by atoms with Gasteiger partial charge in [0.15, 0.2) is 0 Å². The monoisotopic (exact) mass is 183 g/mol. The average molecular weight is 183 g/mol. The first kappa shape index (κ1) is 7.44. The third kappa shape index (κ3) is 0.852. The number of hydrogen-bond donors (Lipinski definition) is 0. The molecule has 1 heterocycles. The van der Waals surface area contributed by atoms with Gasteiger partial charge in [0, 0.05) is 10.8 Å². The van der Waals surface area contributed by atoms with Gasteiger partial charge < -0.3 is 9.52 Å². The third-order valence-electron chi connectivity index (χ3n) is 2.42. The lowest BCUT2D eigenvalue weighted by molar-refractivity contribution is -0.265. The molecule has 0 aliphatic heterocycles. The molecule has 0 unspecified atom stereocenters. The molecule has 2 heteroatoms. The predicted octanol–water partition coefficient (Wildman–Crippen LogP) is 2.66. The largest absolute Gasteiger partial charge is 0.872 e. The lowest BCUT2D eigenvalue weighted by Gasteiger charge is -2.09. The van der Waals surface area contributed by atoms with Crippen LogP contribution in [0.5, 0.6) is 5.75 Å². The summed E-state index contributed by atoms with van der Waals surface area (Å²) in [5.74, 6) is 0.0167. The van der Waals surface area contributed by atoms with Gasteiger partial charge in [-0.15, -0.1) is 0 Å². The zero-order valence-corrected chi connectivity index (χ0v) is 7.36. The standard InChI is InChI=1S/C12H8O2/c13-10-3-1-2-8-4-5-9-6-7-14-12(9)11(8)10/h1-7,13H/p-1. The van der Waals surface area contributed by atoms with Crippen molar-refractivity contribution >= 4 is 21.7 Å². The second-order valence-corrected chi connectivity index (χ2v) is 3.26. The molecule has 0 aliphatic carbocycles. The van der Waals surface area contributed by atoms with E-state index in [1.54, 1.807) is 18.4 Å². The van der Waals surface area contributed by atoms with E-state index < -0.39 is 0 Å². The molecule has 3 rings (SSSR count). The Bertz CT molecular complexity index is 608. The highest BCUT2D eigenvalue weighted by Gasteiger charge is 2.02. The molecule has 0 bridgehead atoms. The Morgan fingerprint density at radius 1 is 0.929 bits per heavy atom. The summed E-state index contributed by atoms with van der Waals surface area (Å²) in [6.07, 6.45) is 1.61. The van der Waals surface area contributed by atoms with Crippen LogP contribution in [-0.2, 0) is 0 Å². The van der Waals surface area contributed by atoms with Gasteiger partial charge in [-0.1, -0.05) is 36.1 Å². The van der Waals surface area contributed by atoms with Crippen LogP contribution in [0.1, 0.15) is 0 Å². The van der Waals surface area contributed by atoms with Crippen LogP contribution < -0.4 is 5.11 Å². The highest BCUT2D eigenvalue weighted by Crippen LogP contribution is 2.30. The Kier molecular flexibility index (Phi) is 1.34. The van der Waals surface area contributed by atoms with Gasteiger partial charge in [0.05, 0.1) is 6.26 Å². The Labute approximate surface area is 80.4 Å². The fraction of sp³-hybridized carbons (Fsp3) is 0. The first-order valence-corrected chi connectivity index (χ1v) is 4.42. The van der Waals surface area contributed by atoms with E-state index in [4.69, 9.17) is 4.42 Å². The van der Waals surface area contributed by atoms with Crippen molar-refractivity contribution in [3.05, 3.63) is 42.7 Å². The zero-order valence-electron chi connectivity index (χ0n) is 7.36. The molecule has 0 spiro atoms. The summed E-state index contributed by atoms with van der Waals surface area (Å²) in [7, 11) is 0. The van der Waals surface area contributed by atoms with Crippen molar-refractivity contribution in [2.45, 2.75) is 0 Å². The van der Waals surface area contributed by atoms with Crippen LogP contribution in [0.3, 0.4) is 0 Å². The number of benzene rings is 2. The second-order valence-electron chi connectivity index (χ2n) is 3.26. The van der Waals surface area contributed by atoms with Crippen LogP contribution in [-0.4, -0.2) is 0 Å². The van der Waals surface area contributed by atoms with E-state index in [2.05, 4.69) is 0 Å². The highest BCUT2D eigenvalue weighted by atomic mass is 16.3. The third-order valence-corrected chi connectivity index (χ3v) is 2.42. The van der Waals surface area contributed by atoms with Crippen molar-refractivity contribution in [3.8, 4) is 5.75 Å². The van der Waals surface area contributed by atoms with Crippen molar-refractivity contribution in [1.29, 1.82) is 0 Å². The summed E-state index contributed by atoms with van der Waals surface area (Å²) in [5.41, 5.74) is 0.688. The summed E-state index contributed by atoms with van der Waals surface area (Å²) < 4.78 is 5.31. The Morgan fingerprint density at radius 2 is 1.79 bits per heavy atom. The minimum Gasteiger partial charge on any atom is -0.872 e. The zero-order chi connectivity index (χ0) is 9.54. The van der Waals surface area contributed by atoms with Crippen LogP contribution in [0.15, 0.2) is 47.1 Å². The molecular weight excluding hydrogens is 176 g/mol. The molecule has 14 heavy (non-hydrogen) atoms. The Morgan fingerprint density at radius 3 is 2.71 bits per heavy atom. The lowest BCUT2D eigenvalue weighted by atomic mass is 10.1. The smallest absolute Gasteiger partial charge is 0.141 e. The maximum absolute atomic E-state index is 11.6. The van der Waals surface area contributed by atoms with Crippen molar-refractivity contribution in [3.63, 3.8) is 0 Å². The van der Waals surface area contributed by atoms with E-state index in [1.807, 2.05) is 24.3 Å². The highest BCUT2D eigenvalue weighted by molar-refractivity contribution is 6.07. The van der Waals surface area contributed by atoms with E-state index in [-0.39, 0.29) is 5.75 Å². The maximum Gasteiger partial charge on any atom is 0.141 e. The first-order chi connectivity index (χ1) is 6.86. The molecule has 0 N–H and O–H groups in total. The topological polar surface area (TPSA) is 36.2 Å². The van der Waals surface area contributed by atoms with E-state index in [0.29, 0.717) is 11.0 Å². The van der Waals surface area contributed by atoms with E-state index in [9.17, 15) is 5.11 Å². The molecule has 1 aromatic heterocycles. The Balaban J connectivity index is 2.67. The van der Waals surface area contributed by atoms with Crippen LogP contribution >= 0.6 is 0 Å². The molecule has 0 atom stereocenters.